The van der Waals surface area contributed by atoms with Crippen molar-refractivity contribution in [3.05, 3.63) is 82.3 Å². The van der Waals surface area contributed by atoms with Gasteiger partial charge in [0.05, 0.1) is 21.0 Å². The summed E-state index contributed by atoms with van der Waals surface area (Å²) in [5, 5.41) is 0.456. The van der Waals surface area contributed by atoms with Crippen LogP contribution in [0.5, 0.6) is 0 Å². The molecule has 0 radical (unpaired) electrons. The summed E-state index contributed by atoms with van der Waals surface area (Å²) in [5.41, 5.74) is 0.899. The van der Waals surface area contributed by atoms with E-state index in [9.17, 15) is 21.6 Å². The molecule has 3 aromatic carbocycles. The number of nitrogens with zero attached hydrogens (tertiary/aromatic N) is 1. The van der Waals surface area contributed by atoms with Gasteiger partial charge in [0.1, 0.15) is 0 Å². The third kappa shape index (κ3) is 4.35. The Kier molecular flexibility index (Phi) is 5.49. The van der Waals surface area contributed by atoms with Gasteiger partial charge >= 0.3 is 5.76 Å². The smallest absolute Gasteiger partial charge is 0.408 e. The Morgan fingerprint density at radius 2 is 1.44 bits per heavy atom. The van der Waals surface area contributed by atoms with Crippen LogP contribution in [-0.4, -0.2) is 21.4 Å². The van der Waals surface area contributed by atoms with E-state index in [0.717, 1.165) is 0 Å². The van der Waals surface area contributed by atoms with Crippen LogP contribution < -0.4 is 15.2 Å². The van der Waals surface area contributed by atoms with Crippen LogP contribution in [0.15, 0.2) is 85.7 Å². The zero-order chi connectivity index (χ0) is 23.1. The Hall–Kier alpha value is -3.28. The maximum atomic E-state index is 12.8. The fourth-order valence-electron chi connectivity index (χ4n) is 2.95. The molecule has 12 heteroatoms. The van der Waals surface area contributed by atoms with E-state index in [1.54, 1.807) is 0 Å². The Morgan fingerprint density at radius 1 is 0.812 bits per heavy atom. The van der Waals surface area contributed by atoms with Gasteiger partial charge in [0.25, 0.3) is 20.0 Å². The van der Waals surface area contributed by atoms with Crippen LogP contribution in [0.4, 0.5) is 11.4 Å². The van der Waals surface area contributed by atoms with Gasteiger partial charge in [-0.05, 0) is 54.6 Å². The lowest BCUT2D eigenvalue weighted by atomic mass is 10.3. The first-order valence-electron chi connectivity index (χ1n) is 9.06. The second-order valence-electron chi connectivity index (χ2n) is 6.80. The molecule has 4 rings (SSSR count). The topological polar surface area (TPSA) is 127 Å². The Morgan fingerprint density at radius 3 is 2.12 bits per heavy atom. The maximum Gasteiger partial charge on any atom is 0.419 e. The van der Waals surface area contributed by atoms with Gasteiger partial charge in [-0.3, -0.25) is 14.0 Å². The molecule has 1 aromatic heterocycles. The van der Waals surface area contributed by atoms with Crippen molar-refractivity contribution in [3.8, 4) is 0 Å². The van der Waals surface area contributed by atoms with E-state index in [4.69, 9.17) is 16.0 Å². The average molecular weight is 494 g/mol. The van der Waals surface area contributed by atoms with E-state index >= 15 is 0 Å². The van der Waals surface area contributed by atoms with Gasteiger partial charge in [-0.25, -0.2) is 21.6 Å². The molecular weight excluding hydrogens is 478 g/mol. The van der Waals surface area contributed by atoms with Crippen LogP contribution in [0, 0.1) is 0 Å². The Labute approximate surface area is 188 Å². The minimum Gasteiger partial charge on any atom is -0.408 e. The number of aryl methyl sites for hydroxylation is 1. The minimum absolute atomic E-state index is 0.0404. The number of hydrogen-bond donors (Lipinski definition) is 2. The number of aromatic nitrogens is 1. The van der Waals surface area contributed by atoms with Crippen molar-refractivity contribution in [1.82, 2.24) is 4.57 Å². The SMILES string of the molecule is Cn1c(=O)oc2cc(S(=O)(=O)Nc3cccc(S(=O)(=O)Nc4ccc(Cl)cc4)c3)ccc21. The monoisotopic (exact) mass is 493 g/mol. The summed E-state index contributed by atoms with van der Waals surface area (Å²) >= 11 is 5.81. The number of oxazole rings is 1. The summed E-state index contributed by atoms with van der Waals surface area (Å²) in [7, 11) is -6.56. The minimum atomic E-state index is -4.09. The summed E-state index contributed by atoms with van der Waals surface area (Å²) in [6, 6.07) is 15.4. The number of benzene rings is 3. The lowest BCUT2D eigenvalue weighted by molar-refractivity contribution is 0.527. The lowest BCUT2D eigenvalue weighted by Gasteiger charge is -2.11. The highest BCUT2D eigenvalue weighted by molar-refractivity contribution is 7.93. The van der Waals surface area contributed by atoms with E-state index in [2.05, 4.69) is 9.44 Å². The highest BCUT2D eigenvalue weighted by Crippen LogP contribution is 2.24. The molecule has 0 unspecified atom stereocenters. The average Bonchev–Trinajstić information content (AvgIpc) is 3.03. The van der Waals surface area contributed by atoms with E-state index in [-0.39, 0.29) is 21.1 Å². The van der Waals surface area contributed by atoms with Crippen LogP contribution in [0.2, 0.25) is 5.02 Å². The molecule has 32 heavy (non-hydrogen) atoms. The third-order valence-corrected chi connectivity index (χ3v) is 7.58. The molecule has 1 heterocycles. The van der Waals surface area contributed by atoms with Crippen molar-refractivity contribution in [1.29, 1.82) is 0 Å². The molecule has 0 aliphatic rings. The molecule has 0 spiro atoms. The second-order valence-corrected chi connectivity index (χ2v) is 10.6. The zero-order valence-corrected chi connectivity index (χ0v) is 18.8. The van der Waals surface area contributed by atoms with Gasteiger partial charge in [0.2, 0.25) is 0 Å². The number of anilines is 2. The normalized spacial score (nSPS) is 12.1. The van der Waals surface area contributed by atoms with Crippen molar-refractivity contribution < 1.29 is 21.3 Å². The van der Waals surface area contributed by atoms with E-state index in [0.29, 0.717) is 16.2 Å². The molecule has 0 amide bonds. The first kappa shape index (κ1) is 21.9. The number of halogens is 1. The third-order valence-electron chi connectivity index (χ3n) is 4.57. The first-order chi connectivity index (χ1) is 15.0. The molecule has 0 bridgehead atoms. The van der Waals surface area contributed by atoms with Gasteiger partial charge in [-0.2, -0.15) is 0 Å². The van der Waals surface area contributed by atoms with Crippen molar-refractivity contribution in [2.45, 2.75) is 9.79 Å². The van der Waals surface area contributed by atoms with E-state index < -0.39 is 25.8 Å². The molecule has 2 N–H and O–H groups in total. The maximum absolute atomic E-state index is 12.8. The Balaban J connectivity index is 1.61. The van der Waals surface area contributed by atoms with Gasteiger partial charge < -0.3 is 4.42 Å². The summed E-state index contributed by atoms with van der Waals surface area (Å²) < 4.78 is 62.0. The molecule has 0 aliphatic heterocycles. The first-order valence-corrected chi connectivity index (χ1v) is 12.4. The highest BCUT2D eigenvalue weighted by atomic mass is 35.5. The molecule has 0 aliphatic carbocycles. The van der Waals surface area contributed by atoms with Crippen LogP contribution >= 0.6 is 11.6 Å². The Bertz CT molecular complexity index is 1590. The van der Waals surface area contributed by atoms with E-state index in [1.165, 1.54) is 78.3 Å². The second kappa shape index (κ2) is 8.01. The molecule has 9 nitrogen and oxygen atoms in total. The predicted octanol–water partition coefficient (Wildman–Crippen LogP) is 3.39. The fraction of sp³-hybridized carbons (Fsp3) is 0.0500. The van der Waals surface area contributed by atoms with Gasteiger partial charge in [0.15, 0.2) is 5.58 Å². The summed E-state index contributed by atoms with van der Waals surface area (Å²) in [6.07, 6.45) is 0. The number of fused-ring (bicyclic) bond motifs is 1. The quantitative estimate of drug-likeness (QED) is 0.424. The van der Waals surface area contributed by atoms with Crippen molar-refractivity contribution in [3.63, 3.8) is 0 Å². The van der Waals surface area contributed by atoms with Gasteiger partial charge in [-0.1, -0.05) is 17.7 Å². The van der Waals surface area contributed by atoms with E-state index in [1.807, 2.05) is 0 Å². The fourth-order valence-corrected chi connectivity index (χ4v) is 5.25. The molecule has 0 fully saturated rings. The van der Waals surface area contributed by atoms with Crippen LogP contribution in [0.1, 0.15) is 0 Å². The van der Waals surface area contributed by atoms with Crippen LogP contribution in [0.3, 0.4) is 0 Å². The standard InChI is InChI=1S/C20H16ClN3O6S2/c1-24-18-10-9-17(12-19(18)30-20(24)25)32(28,29)23-15-3-2-4-16(11-15)31(26,27)22-14-7-5-13(21)6-8-14/h2-12,22-23H,1H3. The number of sulfonamides is 2. The molecule has 0 atom stereocenters. The molecule has 0 saturated heterocycles. The highest BCUT2D eigenvalue weighted by Gasteiger charge is 2.19. The summed E-state index contributed by atoms with van der Waals surface area (Å²) in [4.78, 5) is 11.3. The number of nitrogens with one attached hydrogen (secondary N) is 2. The van der Waals surface area contributed by atoms with Gasteiger partial charge in [0, 0.05) is 23.8 Å². The van der Waals surface area contributed by atoms with Crippen molar-refractivity contribution in [2.75, 3.05) is 9.44 Å². The van der Waals surface area contributed by atoms with Crippen molar-refractivity contribution >= 4 is 54.1 Å². The predicted molar refractivity (Wildman–Crippen MR) is 121 cm³/mol. The molecular formula is C20H16ClN3O6S2. The number of rotatable bonds is 6. The summed E-state index contributed by atoms with van der Waals surface area (Å²) in [6.45, 7) is 0. The van der Waals surface area contributed by atoms with Gasteiger partial charge in [-0.15, -0.1) is 0 Å². The number of hydrogen-bond acceptors (Lipinski definition) is 6. The summed E-state index contributed by atoms with van der Waals surface area (Å²) in [5.74, 6) is -0.617. The molecule has 166 valence electrons. The van der Waals surface area contributed by atoms with Crippen molar-refractivity contribution in [2.24, 2.45) is 7.05 Å². The molecule has 0 saturated carbocycles. The van der Waals surface area contributed by atoms with Crippen LogP contribution in [0.25, 0.3) is 11.1 Å². The molecule has 4 aromatic rings. The lowest BCUT2D eigenvalue weighted by Crippen LogP contribution is -2.15. The zero-order valence-electron chi connectivity index (χ0n) is 16.4. The van der Waals surface area contributed by atoms with Crippen LogP contribution in [-0.2, 0) is 27.1 Å². The largest absolute Gasteiger partial charge is 0.419 e.